The van der Waals surface area contributed by atoms with Gasteiger partial charge in [-0.05, 0) is 7.05 Å². The van der Waals surface area contributed by atoms with Crippen LogP contribution >= 0.6 is 0 Å². The normalized spacial score (nSPS) is 25.6. The zero-order valence-electron chi connectivity index (χ0n) is 10.0. The van der Waals surface area contributed by atoms with Crippen LogP contribution in [0.15, 0.2) is 5.16 Å². The fourth-order valence-corrected chi connectivity index (χ4v) is 1.65. The van der Waals surface area contributed by atoms with E-state index >= 15 is 0 Å². The Morgan fingerprint density at radius 1 is 1.75 bits per heavy atom. The Labute approximate surface area is 96.4 Å². The molecule has 6 heteroatoms. The fraction of sp³-hybridized carbons (Fsp3) is 0.900. The lowest BCUT2D eigenvalue weighted by molar-refractivity contribution is -0.0181. The summed E-state index contributed by atoms with van der Waals surface area (Å²) in [7, 11) is 2.09. The molecule has 1 saturated heterocycles. The molecule has 0 radical (unpaired) electrons. The van der Waals surface area contributed by atoms with Crippen molar-refractivity contribution in [1.29, 1.82) is 0 Å². The van der Waals surface area contributed by atoms with Gasteiger partial charge in [0.05, 0.1) is 12.7 Å². The van der Waals surface area contributed by atoms with E-state index < -0.39 is 0 Å². The van der Waals surface area contributed by atoms with E-state index in [1.807, 2.05) is 6.92 Å². The molecule has 0 aromatic rings. The largest absolute Gasteiger partial charge is 0.409 e. The number of oxime groups is 1. The van der Waals surface area contributed by atoms with Crippen LogP contribution in [0.2, 0.25) is 0 Å². The van der Waals surface area contributed by atoms with Gasteiger partial charge in [-0.1, -0.05) is 12.1 Å². The molecular formula is C10H22N4O2. The molecule has 0 aromatic carbocycles. The molecule has 94 valence electrons. The molecule has 2 unspecified atom stereocenters. The van der Waals surface area contributed by atoms with Crippen molar-refractivity contribution in [1.82, 2.24) is 10.2 Å². The molecule has 0 aromatic heterocycles. The number of rotatable bonds is 5. The molecule has 1 heterocycles. The molecule has 0 amide bonds. The number of hydrogen-bond donors (Lipinski definition) is 3. The summed E-state index contributed by atoms with van der Waals surface area (Å²) in [4.78, 5) is 2.25. The molecule has 16 heavy (non-hydrogen) atoms. The molecule has 6 nitrogen and oxygen atoms in total. The highest BCUT2D eigenvalue weighted by molar-refractivity contribution is 5.82. The summed E-state index contributed by atoms with van der Waals surface area (Å²) < 4.78 is 5.60. The van der Waals surface area contributed by atoms with Crippen LogP contribution in [0.4, 0.5) is 0 Å². The van der Waals surface area contributed by atoms with Gasteiger partial charge >= 0.3 is 0 Å². The molecule has 0 bridgehead atoms. The summed E-state index contributed by atoms with van der Waals surface area (Å²) in [6.07, 6.45) is 0.234. The quantitative estimate of drug-likeness (QED) is 0.251. The minimum absolute atomic E-state index is 0.0336. The summed E-state index contributed by atoms with van der Waals surface area (Å²) in [5.41, 5.74) is 5.48. The number of nitrogens with one attached hydrogen (secondary N) is 1. The van der Waals surface area contributed by atoms with Crippen LogP contribution in [-0.4, -0.2) is 61.9 Å². The van der Waals surface area contributed by atoms with Gasteiger partial charge in [-0.2, -0.15) is 0 Å². The third-order valence-corrected chi connectivity index (χ3v) is 2.78. The summed E-state index contributed by atoms with van der Waals surface area (Å²) in [5.74, 6) is 0.292. The van der Waals surface area contributed by atoms with Crippen molar-refractivity contribution in [3.63, 3.8) is 0 Å². The minimum Gasteiger partial charge on any atom is -0.409 e. The molecule has 2 atom stereocenters. The van der Waals surface area contributed by atoms with E-state index in [1.165, 1.54) is 0 Å². The average molecular weight is 230 g/mol. The Hall–Kier alpha value is -0.850. The van der Waals surface area contributed by atoms with E-state index in [4.69, 9.17) is 15.7 Å². The van der Waals surface area contributed by atoms with Crippen molar-refractivity contribution in [2.45, 2.75) is 13.0 Å². The van der Waals surface area contributed by atoms with Crippen LogP contribution in [0.1, 0.15) is 6.92 Å². The molecule has 1 aliphatic rings. The lowest BCUT2D eigenvalue weighted by Gasteiger charge is -2.30. The van der Waals surface area contributed by atoms with E-state index in [0.717, 1.165) is 26.2 Å². The molecule has 0 saturated carbocycles. The van der Waals surface area contributed by atoms with Gasteiger partial charge in [0.25, 0.3) is 0 Å². The number of morpholine rings is 1. The molecule has 1 aliphatic heterocycles. The highest BCUT2D eigenvalue weighted by Gasteiger charge is 2.17. The number of nitrogens with zero attached hydrogens (tertiary/aromatic N) is 2. The van der Waals surface area contributed by atoms with E-state index in [-0.39, 0.29) is 17.9 Å². The zero-order valence-corrected chi connectivity index (χ0v) is 10.0. The van der Waals surface area contributed by atoms with Crippen LogP contribution in [-0.2, 0) is 4.74 Å². The standard InChI is InChI=1S/C10H22N4O2/c1-8(10(11)13-15)5-12-6-9-7-14(2)3-4-16-9/h8-9,12,15H,3-7H2,1-2H3,(H2,11,13). The number of likely N-dealkylation sites (N-methyl/N-ethyl adjacent to an activating group) is 1. The van der Waals surface area contributed by atoms with Crippen LogP contribution in [0.5, 0.6) is 0 Å². The number of nitrogens with two attached hydrogens (primary N) is 1. The smallest absolute Gasteiger partial charge is 0.143 e. The lowest BCUT2D eigenvalue weighted by Crippen LogP contribution is -2.46. The van der Waals surface area contributed by atoms with E-state index in [2.05, 4.69) is 22.4 Å². The predicted octanol–water partition coefficient (Wildman–Crippen LogP) is -0.711. The summed E-state index contributed by atoms with van der Waals surface area (Å²) >= 11 is 0. The maximum atomic E-state index is 8.49. The summed E-state index contributed by atoms with van der Waals surface area (Å²) in [6, 6.07) is 0. The topological polar surface area (TPSA) is 83.1 Å². The second kappa shape index (κ2) is 6.67. The van der Waals surface area contributed by atoms with Crippen molar-refractivity contribution >= 4 is 5.84 Å². The van der Waals surface area contributed by atoms with E-state index in [9.17, 15) is 0 Å². The van der Waals surface area contributed by atoms with Gasteiger partial charge in [-0.15, -0.1) is 0 Å². The lowest BCUT2D eigenvalue weighted by atomic mass is 10.1. The first kappa shape index (κ1) is 13.2. The maximum Gasteiger partial charge on any atom is 0.143 e. The predicted molar refractivity (Wildman–Crippen MR) is 62.7 cm³/mol. The molecule has 1 fully saturated rings. The minimum atomic E-state index is 0.0336. The Bertz CT molecular complexity index is 235. The highest BCUT2D eigenvalue weighted by Crippen LogP contribution is 2.01. The first-order chi connectivity index (χ1) is 7.63. The van der Waals surface area contributed by atoms with E-state index in [0.29, 0.717) is 6.54 Å². The Morgan fingerprint density at radius 3 is 3.12 bits per heavy atom. The molecule has 0 aliphatic carbocycles. The molecule has 0 spiro atoms. The Morgan fingerprint density at radius 2 is 2.50 bits per heavy atom. The van der Waals surface area contributed by atoms with Gasteiger partial charge in [0.15, 0.2) is 0 Å². The van der Waals surface area contributed by atoms with Crippen molar-refractivity contribution in [3.05, 3.63) is 0 Å². The molecule has 4 N–H and O–H groups in total. The SMILES string of the molecule is CC(CNCC1CN(C)CCO1)C(N)=NO. The molecular weight excluding hydrogens is 208 g/mol. The Balaban J connectivity index is 2.15. The van der Waals surface area contributed by atoms with Crippen LogP contribution in [0.3, 0.4) is 0 Å². The fourth-order valence-electron chi connectivity index (χ4n) is 1.65. The molecule has 1 rings (SSSR count). The Kier molecular flexibility index (Phi) is 5.51. The van der Waals surface area contributed by atoms with Gasteiger partial charge in [-0.3, -0.25) is 0 Å². The number of ether oxygens (including phenoxy) is 1. The third kappa shape index (κ3) is 4.34. The van der Waals surface area contributed by atoms with Crippen LogP contribution in [0, 0.1) is 5.92 Å². The second-order valence-electron chi connectivity index (χ2n) is 4.34. The number of hydrogen-bond acceptors (Lipinski definition) is 5. The first-order valence-electron chi connectivity index (χ1n) is 5.61. The van der Waals surface area contributed by atoms with Crippen molar-refractivity contribution in [3.8, 4) is 0 Å². The van der Waals surface area contributed by atoms with Crippen molar-refractivity contribution < 1.29 is 9.94 Å². The monoisotopic (exact) mass is 230 g/mol. The highest BCUT2D eigenvalue weighted by atomic mass is 16.5. The average Bonchev–Trinajstić information content (AvgIpc) is 2.28. The van der Waals surface area contributed by atoms with Gasteiger partial charge in [0.2, 0.25) is 0 Å². The van der Waals surface area contributed by atoms with E-state index in [1.54, 1.807) is 0 Å². The summed E-state index contributed by atoms with van der Waals surface area (Å²) in [5, 5.41) is 14.7. The van der Waals surface area contributed by atoms with Gasteiger partial charge in [-0.25, -0.2) is 0 Å². The van der Waals surface area contributed by atoms with Crippen LogP contribution in [0.25, 0.3) is 0 Å². The first-order valence-corrected chi connectivity index (χ1v) is 5.61. The zero-order chi connectivity index (χ0) is 12.0. The second-order valence-corrected chi connectivity index (χ2v) is 4.34. The summed E-state index contributed by atoms with van der Waals surface area (Å²) in [6.45, 7) is 6.14. The van der Waals surface area contributed by atoms with Gasteiger partial charge < -0.3 is 25.9 Å². The van der Waals surface area contributed by atoms with Gasteiger partial charge in [0.1, 0.15) is 5.84 Å². The third-order valence-electron chi connectivity index (χ3n) is 2.78. The van der Waals surface area contributed by atoms with Crippen molar-refractivity contribution in [2.24, 2.45) is 16.8 Å². The van der Waals surface area contributed by atoms with Gasteiger partial charge in [0, 0.05) is 32.1 Å². The van der Waals surface area contributed by atoms with Crippen LogP contribution < -0.4 is 11.1 Å². The number of amidine groups is 1. The maximum absolute atomic E-state index is 8.49. The van der Waals surface area contributed by atoms with Crippen molar-refractivity contribution in [2.75, 3.05) is 39.8 Å².